The summed E-state index contributed by atoms with van der Waals surface area (Å²) in [5, 5.41) is 22.3. The van der Waals surface area contributed by atoms with Crippen molar-refractivity contribution in [3.63, 3.8) is 0 Å². The molecular weight excluding hydrogens is 376 g/mol. The molecule has 4 heteroatoms. The molecule has 0 saturated heterocycles. The summed E-state index contributed by atoms with van der Waals surface area (Å²) >= 11 is 0. The van der Waals surface area contributed by atoms with Crippen molar-refractivity contribution in [3.8, 4) is 0 Å². The molecule has 0 bridgehead atoms. The van der Waals surface area contributed by atoms with Crippen molar-refractivity contribution in [2.45, 2.75) is 142 Å². The molecule has 0 aromatic rings. The fourth-order valence-electron chi connectivity index (χ4n) is 7.08. The number of hydrogen-bond acceptors (Lipinski definition) is 3. The monoisotopic (exact) mass is 426 g/mol. The van der Waals surface area contributed by atoms with Gasteiger partial charge in [-0.1, -0.05) is 41.0 Å². The van der Waals surface area contributed by atoms with Crippen LogP contribution in [-0.4, -0.2) is 35.8 Å². The summed E-state index contributed by atoms with van der Waals surface area (Å²) in [6.45, 7) is 18.0. The highest BCUT2D eigenvalue weighted by Gasteiger charge is 2.62. The van der Waals surface area contributed by atoms with Gasteiger partial charge in [-0.3, -0.25) is 0 Å². The van der Waals surface area contributed by atoms with Gasteiger partial charge in [0.2, 0.25) is 0 Å². The van der Waals surface area contributed by atoms with Gasteiger partial charge in [0.05, 0.1) is 17.3 Å². The number of rotatable bonds is 10. The molecule has 0 heterocycles. The molecule has 2 saturated carbocycles. The van der Waals surface area contributed by atoms with Gasteiger partial charge in [-0.25, -0.2) is 0 Å². The van der Waals surface area contributed by atoms with Gasteiger partial charge in [-0.15, -0.1) is 0 Å². The van der Waals surface area contributed by atoms with Crippen molar-refractivity contribution in [1.82, 2.24) is 0 Å². The minimum Gasteiger partial charge on any atom is -0.412 e. The van der Waals surface area contributed by atoms with Crippen LogP contribution in [0.4, 0.5) is 0 Å². The highest BCUT2D eigenvalue weighted by molar-refractivity contribution is 6.73. The topological polar surface area (TPSA) is 49.7 Å². The van der Waals surface area contributed by atoms with Gasteiger partial charge in [0, 0.05) is 0 Å². The predicted molar refractivity (Wildman–Crippen MR) is 126 cm³/mol. The molecule has 2 rings (SSSR count). The van der Waals surface area contributed by atoms with E-state index in [1.54, 1.807) is 0 Å². The van der Waals surface area contributed by atoms with E-state index in [1.807, 2.05) is 0 Å². The molecular formula is C25H50O3Si. The second-order valence-corrected chi connectivity index (χ2v) is 16.3. The van der Waals surface area contributed by atoms with Crippen LogP contribution in [0, 0.1) is 16.7 Å². The fraction of sp³-hybridized carbons (Fsp3) is 1.00. The predicted octanol–water partition coefficient (Wildman–Crippen LogP) is 6.68. The summed E-state index contributed by atoms with van der Waals surface area (Å²) < 4.78 is 6.77. The molecule has 29 heavy (non-hydrogen) atoms. The Morgan fingerprint density at radius 1 is 0.931 bits per heavy atom. The largest absolute Gasteiger partial charge is 0.412 e. The number of fused-ring (bicyclic) bond motifs is 1. The van der Waals surface area contributed by atoms with Crippen LogP contribution in [0.1, 0.15) is 107 Å². The molecule has 2 aliphatic carbocycles. The third kappa shape index (κ3) is 4.81. The average molecular weight is 427 g/mol. The summed E-state index contributed by atoms with van der Waals surface area (Å²) in [4.78, 5) is 0. The van der Waals surface area contributed by atoms with E-state index in [0.717, 1.165) is 51.4 Å². The van der Waals surface area contributed by atoms with E-state index in [-0.39, 0.29) is 28.5 Å². The van der Waals surface area contributed by atoms with E-state index < -0.39 is 13.9 Å². The van der Waals surface area contributed by atoms with Crippen molar-refractivity contribution in [3.05, 3.63) is 0 Å². The summed E-state index contributed by atoms with van der Waals surface area (Å²) in [5.41, 5.74) is -0.792. The third-order valence-electron chi connectivity index (χ3n) is 9.57. The average Bonchev–Trinajstić information content (AvgIpc) is 2.93. The van der Waals surface area contributed by atoms with Crippen LogP contribution in [0.15, 0.2) is 0 Å². The summed E-state index contributed by atoms with van der Waals surface area (Å²) in [5.74, 6) is 0.273. The van der Waals surface area contributed by atoms with Gasteiger partial charge >= 0.3 is 0 Å². The first-order valence-corrected chi connectivity index (χ1v) is 14.9. The normalized spacial score (nSPS) is 35.4. The smallest absolute Gasteiger partial charge is 0.192 e. The van der Waals surface area contributed by atoms with E-state index in [4.69, 9.17) is 4.43 Å². The van der Waals surface area contributed by atoms with Crippen molar-refractivity contribution >= 4 is 8.32 Å². The number of aliphatic hydroxyl groups is 2. The maximum absolute atomic E-state index is 11.6. The van der Waals surface area contributed by atoms with Gasteiger partial charge in [0.15, 0.2) is 8.32 Å². The van der Waals surface area contributed by atoms with Crippen LogP contribution >= 0.6 is 0 Å². The van der Waals surface area contributed by atoms with E-state index in [9.17, 15) is 10.2 Å². The molecule has 0 aromatic carbocycles. The molecule has 3 nitrogen and oxygen atoms in total. The molecule has 0 unspecified atom stereocenters. The Morgan fingerprint density at radius 2 is 1.52 bits per heavy atom. The van der Waals surface area contributed by atoms with Crippen LogP contribution in [0.2, 0.25) is 18.1 Å². The molecule has 0 aromatic heterocycles. The first-order valence-electron chi connectivity index (χ1n) is 12.4. The molecule has 0 aliphatic heterocycles. The van der Waals surface area contributed by atoms with Gasteiger partial charge < -0.3 is 14.6 Å². The van der Waals surface area contributed by atoms with Gasteiger partial charge in [0.25, 0.3) is 0 Å². The Hall–Kier alpha value is 0.0969. The summed E-state index contributed by atoms with van der Waals surface area (Å²) in [6, 6.07) is 3.55. The second kappa shape index (κ2) is 8.92. The van der Waals surface area contributed by atoms with Crippen molar-refractivity contribution in [2.75, 3.05) is 0 Å². The van der Waals surface area contributed by atoms with Crippen molar-refractivity contribution in [1.29, 1.82) is 0 Å². The number of hydrogen-bond donors (Lipinski definition) is 2. The maximum atomic E-state index is 11.6. The molecule has 0 spiro atoms. The Labute approximate surface area is 182 Å². The van der Waals surface area contributed by atoms with Crippen molar-refractivity contribution in [2.24, 2.45) is 16.7 Å². The first-order chi connectivity index (χ1) is 13.3. The van der Waals surface area contributed by atoms with Gasteiger partial charge in [-0.05, 0) is 101 Å². The minimum atomic E-state index is -1.62. The van der Waals surface area contributed by atoms with E-state index in [0.29, 0.717) is 0 Å². The van der Waals surface area contributed by atoms with Crippen LogP contribution < -0.4 is 0 Å². The molecule has 2 aliphatic rings. The number of aliphatic hydroxyl groups excluding tert-OH is 1. The van der Waals surface area contributed by atoms with E-state index in [1.165, 1.54) is 18.1 Å². The zero-order valence-electron chi connectivity index (χ0n) is 20.7. The molecule has 2 N–H and O–H groups in total. The zero-order chi connectivity index (χ0) is 22.1. The van der Waals surface area contributed by atoms with Crippen LogP contribution in [0.3, 0.4) is 0 Å². The second-order valence-electron chi connectivity index (χ2n) is 11.7. The Morgan fingerprint density at radius 3 is 2.07 bits per heavy atom. The van der Waals surface area contributed by atoms with E-state index in [2.05, 4.69) is 55.4 Å². The Balaban J connectivity index is 2.01. The fourth-order valence-corrected chi connectivity index (χ4v) is 10.3. The lowest BCUT2D eigenvalue weighted by molar-refractivity contribution is -0.134. The summed E-state index contributed by atoms with van der Waals surface area (Å²) in [6.07, 6.45) is 7.81. The molecule has 0 radical (unpaired) electrons. The van der Waals surface area contributed by atoms with Crippen LogP contribution in [0.25, 0.3) is 0 Å². The van der Waals surface area contributed by atoms with E-state index >= 15 is 0 Å². The first kappa shape index (κ1) is 25.4. The van der Waals surface area contributed by atoms with Crippen LogP contribution in [0.5, 0.6) is 0 Å². The van der Waals surface area contributed by atoms with Crippen molar-refractivity contribution < 1.29 is 14.6 Å². The Kier molecular flexibility index (Phi) is 7.80. The molecule has 2 fully saturated rings. The van der Waals surface area contributed by atoms with Crippen LogP contribution in [-0.2, 0) is 4.43 Å². The van der Waals surface area contributed by atoms with Gasteiger partial charge in [-0.2, -0.15) is 0 Å². The lowest BCUT2D eigenvalue weighted by Crippen LogP contribution is -2.53. The lowest BCUT2D eigenvalue weighted by Gasteiger charge is -2.54. The molecule has 0 amide bonds. The third-order valence-corrected chi connectivity index (χ3v) is 14.4. The highest BCUT2D eigenvalue weighted by Crippen LogP contribution is 2.65. The molecule has 172 valence electrons. The Bertz CT molecular complexity index is 534. The molecule has 5 atom stereocenters. The standard InChI is InChI=1S/C25H50O3Si/c1-9-29(10-2,11-3)28-22(4,5)16-13-18-25(8,27)20-15-19-24(7)21(26)14-12-17-23(20,24)6/h20-21,26-27H,9-19H2,1-8H3/t20-,21-,23+,24-,25-/m0/s1. The SMILES string of the molecule is CC[Si](CC)(CC)OC(C)(C)CCC[C@](C)(O)[C@H]1CC[C@@]2(C)[C@@H](O)CCC[C@]12C. The van der Waals surface area contributed by atoms with Gasteiger partial charge in [0.1, 0.15) is 0 Å². The maximum Gasteiger partial charge on any atom is 0.192 e. The zero-order valence-corrected chi connectivity index (χ0v) is 21.7. The summed E-state index contributed by atoms with van der Waals surface area (Å²) in [7, 11) is -1.62. The quantitative estimate of drug-likeness (QED) is 0.383. The highest BCUT2D eigenvalue weighted by atomic mass is 28.4. The lowest BCUT2D eigenvalue weighted by atomic mass is 9.53. The minimum absolute atomic E-state index is 0.0366.